The molecule has 2 aromatic carbocycles. The highest BCUT2D eigenvalue weighted by Gasteiger charge is 2.25. The summed E-state index contributed by atoms with van der Waals surface area (Å²) in [4.78, 5) is 23.8. The van der Waals surface area contributed by atoms with Gasteiger partial charge in [-0.3, -0.25) is 4.79 Å². The lowest BCUT2D eigenvalue weighted by Gasteiger charge is -2.18. The van der Waals surface area contributed by atoms with Crippen LogP contribution in [0.2, 0.25) is 0 Å². The highest BCUT2D eigenvalue weighted by atomic mass is 16.5. The second kappa shape index (κ2) is 8.08. The molecule has 2 heterocycles. The van der Waals surface area contributed by atoms with E-state index in [0.29, 0.717) is 22.9 Å². The molecule has 28 heavy (non-hydrogen) atoms. The van der Waals surface area contributed by atoms with Crippen molar-refractivity contribution in [3.63, 3.8) is 0 Å². The number of methoxy groups -OCH3 is 1. The van der Waals surface area contributed by atoms with Gasteiger partial charge in [-0.15, -0.1) is 0 Å². The van der Waals surface area contributed by atoms with E-state index in [1.54, 1.807) is 25.4 Å². The number of nitrogens with zero attached hydrogens (tertiary/aromatic N) is 3. The van der Waals surface area contributed by atoms with Crippen molar-refractivity contribution >= 4 is 5.91 Å². The summed E-state index contributed by atoms with van der Waals surface area (Å²) in [6, 6.07) is 16.9. The normalized spacial score (nSPS) is 13.4. The first-order valence-corrected chi connectivity index (χ1v) is 9.29. The van der Waals surface area contributed by atoms with E-state index in [9.17, 15) is 4.79 Å². The number of carbonyl (C=O) groups excluding carboxylic acids is 1. The number of aromatic nitrogens is 2. The maximum absolute atomic E-state index is 13.0. The minimum atomic E-state index is -0.109. The van der Waals surface area contributed by atoms with E-state index in [-0.39, 0.29) is 11.8 Å². The molecule has 3 aromatic rings. The van der Waals surface area contributed by atoms with Gasteiger partial charge in [-0.1, -0.05) is 42.5 Å². The Morgan fingerprint density at radius 3 is 2.36 bits per heavy atom. The summed E-state index contributed by atoms with van der Waals surface area (Å²) in [5, 5.41) is 0. The zero-order chi connectivity index (χ0) is 19.3. The Labute approximate surface area is 163 Å². The van der Waals surface area contributed by atoms with Crippen LogP contribution in [0.15, 0.2) is 60.8 Å². The number of hydrogen-bond donors (Lipinski definition) is 0. The van der Waals surface area contributed by atoms with E-state index in [4.69, 9.17) is 9.47 Å². The first-order chi connectivity index (χ1) is 13.8. The third-order valence-corrected chi connectivity index (χ3v) is 4.69. The Morgan fingerprint density at radius 2 is 1.64 bits per heavy atom. The summed E-state index contributed by atoms with van der Waals surface area (Å²) in [5.41, 5.74) is 1.21. The predicted octanol–water partition coefficient (Wildman–Crippen LogP) is 4.18. The van der Waals surface area contributed by atoms with Crippen molar-refractivity contribution in [3.05, 3.63) is 66.4 Å². The van der Waals surface area contributed by atoms with Gasteiger partial charge in [0.15, 0.2) is 17.3 Å². The first kappa shape index (κ1) is 18.0. The molecule has 0 bridgehead atoms. The highest BCUT2D eigenvalue weighted by molar-refractivity contribution is 5.96. The monoisotopic (exact) mass is 375 g/mol. The fourth-order valence-corrected chi connectivity index (χ4v) is 3.21. The second-order valence-corrected chi connectivity index (χ2v) is 6.53. The third-order valence-electron chi connectivity index (χ3n) is 4.69. The van der Waals surface area contributed by atoms with Crippen molar-refractivity contribution in [2.75, 3.05) is 20.2 Å². The highest BCUT2D eigenvalue weighted by Crippen LogP contribution is 2.33. The minimum absolute atomic E-state index is 0.109. The summed E-state index contributed by atoms with van der Waals surface area (Å²) >= 11 is 0. The number of amides is 1. The number of rotatable bonds is 5. The average molecular weight is 375 g/mol. The van der Waals surface area contributed by atoms with Gasteiger partial charge in [0, 0.05) is 24.8 Å². The molecule has 142 valence electrons. The molecule has 6 heteroatoms. The molecule has 0 N–H and O–H groups in total. The summed E-state index contributed by atoms with van der Waals surface area (Å²) in [6.07, 6.45) is 3.58. The number of benzene rings is 2. The van der Waals surface area contributed by atoms with Crippen LogP contribution >= 0.6 is 0 Å². The van der Waals surface area contributed by atoms with Crippen LogP contribution in [0, 0.1) is 0 Å². The van der Waals surface area contributed by atoms with Gasteiger partial charge in [0.2, 0.25) is 5.88 Å². The van der Waals surface area contributed by atoms with Crippen LogP contribution in [0.4, 0.5) is 0 Å². The topological polar surface area (TPSA) is 64.5 Å². The lowest BCUT2D eigenvalue weighted by molar-refractivity contribution is 0.0789. The van der Waals surface area contributed by atoms with E-state index in [1.165, 1.54) is 0 Å². The standard InChI is InChI=1S/C22H21N3O3/c1-27-18-11-5-6-12-19(18)28-21-17(22(26)25-13-7-8-14-25)15-23-20(24-21)16-9-3-2-4-10-16/h2-6,9-12,15H,7-8,13-14H2,1H3. The van der Waals surface area contributed by atoms with Crippen molar-refractivity contribution < 1.29 is 14.3 Å². The summed E-state index contributed by atoms with van der Waals surface area (Å²) < 4.78 is 11.4. The molecule has 0 radical (unpaired) electrons. The zero-order valence-corrected chi connectivity index (χ0v) is 15.7. The van der Waals surface area contributed by atoms with Crippen LogP contribution in [0.1, 0.15) is 23.2 Å². The van der Waals surface area contributed by atoms with Crippen molar-refractivity contribution in [3.8, 4) is 28.8 Å². The van der Waals surface area contributed by atoms with Crippen LogP contribution in [0.25, 0.3) is 11.4 Å². The third kappa shape index (κ3) is 3.67. The molecule has 0 spiro atoms. The van der Waals surface area contributed by atoms with Crippen LogP contribution in [0.5, 0.6) is 17.4 Å². The first-order valence-electron chi connectivity index (χ1n) is 9.29. The Kier molecular flexibility index (Phi) is 5.19. The zero-order valence-electron chi connectivity index (χ0n) is 15.7. The van der Waals surface area contributed by atoms with Crippen molar-refractivity contribution in [2.45, 2.75) is 12.8 Å². The molecular formula is C22H21N3O3. The minimum Gasteiger partial charge on any atom is -0.493 e. The van der Waals surface area contributed by atoms with E-state index < -0.39 is 0 Å². The lowest BCUT2D eigenvalue weighted by Crippen LogP contribution is -2.28. The molecule has 1 fully saturated rings. The number of carbonyl (C=O) groups is 1. The molecule has 0 unspecified atom stereocenters. The van der Waals surface area contributed by atoms with Crippen molar-refractivity contribution in [2.24, 2.45) is 0 Å². The molecule has 6 nitrogen and oxygen atoms in total. The number of ether oxygens (including phenoxy) is 2. The number of para-hydroxylation sites is 2. The number of hydrogen-bond acceptors (Lipinski definition) is 5. The molecule has 1 amide bonds. The summed E-state index contributed by atoms with van der Waals surface area (Å²) in [5.74, 6) is 1.70. The maximum Gasteiger partial charge on any atom is 0.260 e. The predicted molar refractivity (Wildman–Crippen MR) is 106 cm³/mol. The van der Waals surface area contributed by atoms with Crippen LogP contribution in [0.3, 0.4) is 0 Å². The van der Waals surface area contributed by atoms with Gasteiger partial charge >= 0.3 is 0 Å². The van der Waals surface area contributed by atoms with E-state index in [2.05, 4.69) is 9.97 Å². The molecule has 1 aromatic heterocycles. The number of likely N-dealkylation sites (tertiary alicyclic amines) is 1. The lowest BCUT2D eigenvalue weighted by atomic mass is 10.2. The Balaban J connectivity index is 1.76. The van der Waals surface area contributed by atoms with E-state index in [1.807, 2.05) is 47.4 Å². The molecule has 0 aliphatic carbocycles. The fourth-order valence-electron chi connectivity index (χ4n) is 3.21. The van der Waals surface area contributed by atoms with Crippen LogP contribution in [-0.4, -0.2) is 41.0 Å². The van der Waals surface area contributed by atoms with Gasteiger partial charge < -0.3 is 14.4 Å². The summed E-state index contributed by atoms with van der Waals surface area (Å²) in [7, 11) is 1.58. The van der Waals surface area contributed by atoms with Crippen LogP contribution < -0.4 is 9.47 Å². The smallest absolute Gasteiger partial charge is 0.260 e. The second-order valence-electron chi connectivity index (χ2n) is 6.53. The van der Waals surface area contributed by atoms with Gasteiger partial charge in [0.1, 0.15) is 5.56 Å². The molecule has 0 atom stereocenters. The van der Waals surface area contributed by atoms with Gasteiger partial charge in [0.05, 0.1) is 7.11 Å². The quantitative estimate of drug-likeness (QED) is 0.669. The Morgan fingerprint density at radius 1 is 0.964 bits per heavy atom. The van der Waals surface area contributed by atoms with Gasteiger partial charge in [-0.2, -0.15) is 4.98 Å². The van der Waals surface area contributed by atoms with Gasteiger partial charge in [0.25, 0.3) is 5.91 Å². The largest absolute Gasteiger partial charge is 0.493 e. The molecule has 0 saturated carbocycles. The Bertz CT molecular complexity index is 970. The maximum atomic E-state index is 13.0. The van der Waals surface area contributed by atoms with E-state index >= 15 is 0 Å². The fraction of sp³-hybridized carbons (Fsp3) is 0.227. The Hall–Kier alpha value is -3.41. The van der Waals surface area contributed by atoms with Crippen molar-refractivity contribution in [1.82, 2.24) is 14.9 Å². The van der Waals surface area contributed by atoms with Crippen LogP contribution in [-0.2, 0) is 0 Å². The molecule has 1 aliphatic rings. The molecule has 4 rings (SSSR count). The van der Waals surface area contributed by atoms with Crippen molar-refractivity contribution in [1.29, 1.82) is 0 Å². The van der Waals surface area contributed by atoms with Gasteiger partial charge in [-0.25, -0.2) is 4.98 Å². The SMILES string of the molecule is COc1ccccc1Oc1nc(-c2ccccc2)ncc1C(=O)N1CCCC1. The molecule has 1 aliphatic heterocycles. The van der Waals surface area contributed by atoms with Gasteiger partial charge in [-0.05, 0) is 25.0 Å². The average Bonchev–Trinajstić information content (AvgIpc) is 3.29. The molecule has 1 saturated heterocycles. The van der Waals surface area contributed by atoms with E-state index in [0.717, 1.165) is 31.5 Å². The molecular weight excluding hydrogens is 354 g/mol. The summed E-state index contributed by atoms with van der Waals surface area (Å²) in [6.45, 7) is 1.49.